The molecule has 2 aromatic carbocycles. The largest absolute Gasteiger partial charge is 0.457 e. The molecule has 0 radical (unpaired) electrons. The van der Waals surface area contributed by atoms with Gasteiger partial charge in [0.05, 0.1) is 17.6 Å². The summed E-state index contributed by atoms with van der Waals surface area (Å²) < 4.78 is 5.52. The summed E-state index contributed by atoms with van der Waals surface area (Å²) in [5.41, 5.74) is 5.45. The van der Waals surface area contributed by atoms with Gasteiger partial charge in [0.1, 0.15) is 6.61 Å². The van der Waals surface area contributed by atoms with Crippen LogP contribution in [0, 0.1) is 20.8 Å². The van der Waals surface area contributed by atoms with Gasteiger partial charge in [-0.3, -0.25) is 0 Å². The fourth-order valence-electron chi connectivity index (χ4n) is 2.68. The fraction of sp³-hybridized carbons (Fsp3) is 0.364. The normalized spacial score (nSPS) is 11.0. The minimum atomic E-state index is -0.298. The molecule has 0 aliphatic heterocycles. The van der Waals surface area contributed by atoms with E-state index < -0.39 is 0 Å². The second-order valence-electron chi connectivity index (χ2n) is 6.42. The van der Waals surface area contributed by atoms with Crippen LogP contribution in [0.4, 0.5) is 5.69 Å². The summed E-state index contributed by atoms with van der Waals surface area (Å²) in [6, 6.07) is 11.7. The monoisotopic (exact) mass is 352 g/mol. The molecular weight excluding hydrogens is 324 g/mol. The molecule has 0 N–H and O–H groups in total. The SMILES string of the molecule is CCN(C=Nc1cc(C)c(C(=O)OCc2ccccc2C)cc1C)CC. The highest BCUT2D eigenvalue weighted by Crippen LogP contribution is 2.24. The Morgan fingerprint density at radius 1 is 1.04 bits per heavy atom. The highest BCUT2D eigenvalue weighted by molar-refractivity contribution is 5.92. The Hall–Kier alpha value is -2.62. The van der Waals surface area contributed by atoms with Crippen molar-refractivity contribution in [3.8, 4) is 0 Å². The van der Waals surface area contributed by atoms with Crippen molar-refractivity contribution in [2.24, 2.45) is 4.99 Å². The number of ether oxygens (including phenoxy) is 1. The first-order valence-electron chi connectivity index (χ1n) is 9.07. The number of rotatable bonds is 7. The van der Waals surface area contributed by atoms with Crippen LogP contribution in [0.5, 0.6) is 0 Å². The van der Waals surface area contributed by atoms with E-state index in [1.165, 1.54) is 0 Å². The Labute approximate surface area is 156 Å². The van der Waals surface area contributed by atoms with Gasteiger partial charge in [0, 0.05) is 13.1 Å². The number of benzene rings is 2. The highest BCUT2D eigenvalue weighted by atomic mass is 16.5. The van der Waals surface area contributed by atoms with Crippen molar-refractivity contribution in [1.82, 2.24) is 4.90 Å². The summed E-state index contributed by atoms with van der Waals surface area (Å²) in [4.78, 5) is 19.2. The topological polar surface area (TPSA) is 41.9 Å². The van der Waals surface area contributed by atoms with Crippen molar-refractivity contribution in [2.75, 3.05) is 13.1 Å². The molecule has 4 heteroatoms. The molecular formula is C22H28N2O2. The van der Waals surface area contributed by atoms with Gasteiger partial charge in [-0.1, -0.05) is 24.3 Å². The smallest absolute Gasteiger partial charge is 0.338 e. The van der Waals surface area contributed by atoms with Crippen LogP contribution in [0.3, 0.4) is 0 Å². The molecule has 0 saturated heterocycles. The van der Waals surface area contributed by atoms with Gasteiger partial charge in [-0.05, 0) is 69.0 Å². The van der Waals surface area contributed by atoms with Crippen LogP contribution < -0.4 is 0 Å². The van der Waals surface area contributed by atoms with Crippen LogP contribution in [0.25, 0.3) is 0 Å². The Kier molecular flexibility index (Phi) is 6.96. The first kappa shape index (κ1) is 19.7. The van der Waals surface area contributed by atoms with Crippen molar-refractivity contribution in [3.05, 3.63) is 64.2 Å². The van der Waals surface area contributed by atoms with Crippen LogP contribution in [0.15, 0.2) is 41.4 Å². The second-order valence-corrected chi connectivity index (χ2v) is 6.42. The Morgan fingerprint density at radius 2 is 1.73 bits per heavy atom. The third kappa shape index (κ3) is 4.94. The van der Waals surface area contributed by atoms with E-state index in [1.807, 2.05) is 63.5 Å². The van der Waals surface area contributed by atoms with E-state index >= 15 is 0 Å². The predicted octanol–water partition coefficient (Wildman–Crippen LogP) is 4.97. The summed E-state index contributed by atoms with van der Waals surface area (Å²) >= 11 is 0. The zero-order chi connectivity index (χ0) is 19.1. The van der Waals surface area contributed by atoms with Crippen LogP contribution in [-0.2, 0) is 11.3 Å². The van der Waals surface area contributed by atoms with E-state index in [4.69, 9.17) is 4.74 Å². The zero-order valence-corrected chi connectivity index (χ0v) is 16.4. The lowest BCUT2D eigenvalue weighted by atomic mass is 10.0. The zero-order valence-electron chi connectivity index (χ0n) is 16.4. The van der Waals surface area contributed by atoms with Gasteiger partial charge in [0.25, 0.3) is 0 Å². The van der Waals surface area contributed by atoms with Crippen molar-refractivity contribution in [3.63, 3.8) is 0 Å². The molecule has 0 spiro atoms. The van der Waals surface area contributed by atoms with E-state index in [-0.39, 0.29) is 12.6 Å². The average Bonchev–Trinajstić information content (AvgIpc) is 2.64. The number of aryl methyl sites for hydroxylation is 3. The van der Waals surface area contributed by atoms with E-state index in [0.717, 1.165) is 41.0 Å². The minimum Gasteiger partial charge on any atom is -0.457 e. The molecule has 2 aromatic rings. The van der Waals surface area contributed by atoms with E-state index in [2.05, 4.69) is 23.7 Å². The molecule has 0 atom stereocenters. The molecule has 0 heterocycles. The van der Waals surface area contributed by atoms with Crippen LogP contribution in [-0.4, -0.2) is 30.3 Å². The van der Waals surface area contributed by atoms with Gasteiger partial charge in [-0.25, -0.2) is 9.79 Å². The number of aliphatic imine (C=N–C) groups is 1. The van der Waals surface area contributed by atoms with E-state index in [0.29, 0.717) is 5.56 Å². The van der Waals surface area contributed by atoms with Gasteiger partial charge in [0.2, 0.25) is 0 Å². The number of esters is 1. The lowest BCUT2D eigenvalue weighted by molar-refractivity contribution is 0.0471. The molecule has 138 valence electrons. The summed E-state index contributed by atoms with van der Waals surface area (Å²) in [7, 11) is 0. The third-order valence-electron chi connectivity index (χ3n) is 4.56. The highest BCUT2D eigenvalue weighted by Gasteiger charge is 2.13. The molecule has 0 aliphatic carbocycles. The lowest BCUT2D eigenvalue weighted by Crippen LogP contribution is -2.20. The molecule has 0 fully saturated rings. The molecule has 0 saturated carbocycles. The predicted molar refractivity (Wildman–Crippen MR) is 107 cm³/mol. The average molecular weight is 352 g/mol. The van der Waals surface area contributed by atoms with Crippen molar-refractivity contribution in [2.45, 2.75) is 41.2 Å². The molecule has 0 bridgehead atoms. The van der Waals surface area contributed by atoms with Gasteiger partial charge >= 0.3 is 5.97 Å². The van der Waals surface area contributed by atoms with Crippen molar-refractivity contribution in [1.29, 1.82) is 0 Å². The number of carbonyl (C=O) groups excluding carboxylic acids is 1. The number of hydrogen-bond donors (Lipinski definition) is 0. The summed E-state index contributed by atoms with van der Waals surface area (Å²) in [6.07, 6.45) is 1.86. The number of hydrogen-bond acceptors (Lipinski definition) is 3. The Bertz CT molecular complexity index is 793. The van der Waals surface area contributed by atoms with Crippen LogP contribution in [0.1, 0.15) is 46.5 Å². The molecule has 0 amide bonds. The summed E-state index contributed by atoms with van der Waals surface area (Å²) in [5.74, 6) is -0.298. The third-order valence-corrected chi connectivity index (χ3v) is 4.56. The van der Waals surface area contributed by atoms with Crippen molar-refractivity contribution < 1.29 is 9.53 Å². The molecule has 0 aromatic heterocycles. The lowest BCUT2D eigenvalue weighted by Gasteiger charge is -2.14. The fourth-order valence-corrected chi connectivity index (χ4v) is 2.68. The summed E-state index contributed by atoms with van der Waals surface area (Å²) in [6.45, 7) is 12.2. The van der Waals surface area contributed by atoms with Gasteiger partial charge in [-0.2, -0.15) is 0 Å². The maximum Gasteiger partial charge on any atom is 0.338 e. The minimum absolute atomic E-state index is 0.284. The maximum absolute atomic E-state index is 12.5. The van der Waals surface area contributed by atoms with Crippen LogP contribution >= 0.6 is 0 Å². The van der Waals surface area contributed by atoms with Gasteiger partial charge < -0.3 is 9.64 Å². The standard InChI is InChI=1S/C22H28N2O2/c1-6-24(7-2)15-23-21-13-17(4)20(12-18(21)5)22(25)26-14-19-11-9-8-10-16(19)3/h8-13,15H,6-7,14H2,1-5H3. The Morgan fingerprint density at radius 3 is 2.38 bits per heavy atom. The van der Waals surface area contributed by atoms with E-state index in [9.17, 15) is 4.79 Å². The van der Waals surface area contributed by atoms with Gasteiger partial charge in [-0.15, -0.1) is 0 Å². The quantitative estimate of drug-likeness (QED) is 0.401. The molecule has 0 aliphatic rings. The maximum atomic E-state index is 12.5. The molecule has 2 rings (SSSR count). The first-order valence-corrected chi connectivity index (χ1v) is 9.07. The van der Waals surface area contributed by atoms with Gasteiger partial charge in [0.15, 0.2) is 0 Å². The number of nitrogens with zero attached hydrogens (tertiary/aromatic N) is 2. The number of carbonyl (C=O) groups is 1. The first-order chi connectivity index (χ1) is 12.5. The molecule has 0 unspecified atom stereocenters. The Balaban J connectivity index is 2.13. The second kappa shape index (κ2) is 9.18. The molecule has 4 nitrogen and oxygen atoms in total. The van der Waals surface area contributed by atoms with E-state index in [1.54, 1.807) is 0 Å². The molecule has 26 heavy (non-hydrogen) atoms. The van der Waals surface area contributed by atoms with Crippen molar-refractivity contribution >= 4 is 18.0 Å². The summed E-state index contributed by atoms with van der Waals surface area (Å²) in [5, 5.41) is 0. The van der Waals surface area contributed by atoms with Crippen LogP contribution in [0.2, 0.25) is 0 Å².